The van der Waals surface area contributed by atoms with Gasteiger partial charge in [0.15, 0.2) is 14.2 Å². The minimum atomic E-state index is -3.26. The second-order valence-electron chi connectivity index (χ2n) is 6.04. The van der Waals surface area contributed by atoms with Crippen molar-refractivity contribution in [3.63, 3.8) is 0 Å². The fraction of sp³-hybridized carbons (Fsp3) is 0.167. The van der Waals surface area contributed by atoms with Crippen molar-refractivity contribution in [3.05, 3.63) is 53.1 Å². The van der Waals surface area contributed by atoms with E-state index < -0.39 is 9.84 Å². The number of benzene rings is 2. The Bertz CT molecular complexity index is 1130. The van der Waals surface area contributed by atoms with Crippen LogP contribution in [-0.4, -0.2) is 36.5 Å². The molecule has 1 heterocycles. The predicted molar refractivity (Wildman–Crippen MR) is 118 cm³/mol. The van der Waals surface area contributed by atoms with Gasteiger partial charge in [0.05, 0.1) is 10.6 Å². The lowest BCUT2D eigenvalue weighted by Gasteiger charge is -2.07. The third-order valence-corrected chi connectivity index (χ3v) is 7.32. The van der Waals surface area contributed by atoms with Gasteiger partial charge in [-0.25, -0.2) is 8.42 Å². The van der Waals surface area contributed by atoms with E-state index in [0.717, 1.165) is 17.5 Å². The zero-order chi connectivity index (χ0) is 21.0. The van der Waals surface area contributed by atoms with Gasteiger partial charge in [-0.2, -0.15) is 0 Å². The summed E-state index contributed by atoms with van der Waals surface area (Å²) >= 11 is 8.72. The van der Waals surface area contributed by atoms with Crippen molar-refractivity contribution in [1.82, 2.24) is 10.2 Å². The molecule has 152 valence electrons. The Kier molecular flexibility index (Phi) is 6.78. The van der Waals surface area contributed by atoms with Gasteiger partial charge < -0.3 is 10.6 Å². The Labute approximate surface area is 181 Å². The number of carbonyl (C=O) groups is 1. The number of hydrogen-bond acceptors (Lipinski definition) is 8. The fourth-order valence-corrected chi connectivity index (χ4v) is 4.66. The average Bonchev–Trinajstić information content (AvgIpc) is 3.11. The van der Waals surface area contributed by atoms with E-state index in [4.69, 9.17) is 11.6 Å². The number of nitrogens with one attached hydrogen (secondary N) is 2. The van der Waals surface area contributed by atoms with E-state index >= 15 is 0 Å². The van der Waals surface area contributed by atoms with Gasteiger partial charge in [0, 0.05) is 22.7 Å². The van der Waals surface area contributed by atoms with Crippen LogP contribution in [-0.2, 0) is 14.6 Å². The van der Waals surface area contributed by atoms with Crippen molar-refractivity contribution in [2.24, 2.45) is 0 Å². The van der Waals surface area contributed by atoms with Crippen LogP contribution in [0.1, 0.15) is 5.56 Å². The second-order valence-corrected chi connectivity index (χ2v) is 10.7. The Morgan fingerprint density at radius 1 is 1.17 bits per heavy atom. The van der Waals surface area contributed by atoms with E-state index in [1.54, 1.807) is 12.1 Å². The van der Waals surface area contributed by atoms with Gasteiger partial charge in [-0.1, -0.05) is 40.8 Å². The first-order valence-electron chi connectivity index (χ1n) is 8.31. The molecule has 29 heavy (non-hydrogen) atoms. The predicted octanol–water partition coefficient (Wildman–Crippen LogP) is 4.38. The lowest BCUT2D eigenvalue weighted by atomic mass is 10.2. The number of thioether (sulfide) groups is 1. The summed E-state index contributed by atoms with van der Waals surface area (Å²) in [6, 6.07) is 11.6. The third kappa shape index (κ3) is 5.92. The molecule has 0 radical (unpaired) electrons. The maximum atomic E-state index is 12.1. The molecule has 11 heteroatoms. The highest BCUT2D eigenvalue weighted by molar-refractivity contribution is 8.01. The number of hydrogen-bond donors (Lipinski definition) is 2. The van der Waals surface area contributed by atoms with Crippen molar-refractivity contribution in [2.75, 3.05) is 22.6 Å². The molecule has 0 aliphatic rings. The summed E-state index contributed by atoms with van der Waals surface area (Å²) in [5, 5.41) is 15.3. The maximum absolute atomic E-state index is 12.1. The van der Waals surface area contributed by atoms with Crippen LogP contribution < -0.4 is 10.6 Å². The lowest BCUT2D eigenvalue weighted by molar-refractivity contribution is -0.113. The summed E-state index contributed by atoms with van der Waals surface area (Å²) < 4.78 is 23.6. The zero-order valence-corrected chi connectivity index (χ0v) is 18.7. The number of carbonyl (C=O) groups excluding carboxylic acids is 1. The highest BCUT2D eigenvalue weighted by Gasteiger charge is 2.11. The summed E-state index contributed by atoms with van der Waals surface area (Å²) in [6.45, 7) is 1.91. The molecule has 2 N–H and O–H groups in total. The van der Waals surface area contributed by atoms with Crippen LogP contribution in [0, 0.1) is 6.92 Å². The van der Waals surface area contributed by atoms with Gasteiger partial charge in [0.25, 0.3) is 0 Å². The lowest BCUT2D eigenvalue weighted by Crippen LogP contribution is -2.14. The van der Waals surface area contributed by atoms with Crippen LogP contribution in [0.15, 0.2) is 51.7 Å². The van der Waals surface area contributed by atoms with Crippen LogP contribution in [0.3, 0.4) is 0 Å². The molecule has 0 bridgehead atoms. The van der Waals surface area contributed by atoms with Crippen LogP contribution in [0.5, 0.6) is 0 Å². The molecule has 0 unspecified atom stereocenters. The maximum Gasteiger partial charge on any atom is 0.234 e. The molecule has 3 rings (SSSR count). The summed E-state index contributed by atoms with van der Waals surface area (Å²) in [6.07, 6.45) is 1.14. The molecular weight excluding hydrogens is 452 g/mol. The number of aromatic nitrogens is 2. The van der Waals surface area contributed by atoms with E-state index in [1.165, 1.54) is 35.2 Å². The molecule has 7 nitrogen and oxygen atoms in total. The third-order valence-electron chi connectivity index (χ3n) is 3.81. The minimum Gasteiger partial charge on any atom is -0.330 e. The first-order valence-corrected chi connectivity index (χ1v) is 12.4. The van der Waals surface area contributed by atoms with E-state index in [2.05, 4.69) is 20.8 Å². The van der Waals surface area contributed by atoms with Crippen LogP contribution in [0.4, 0.5) is 16.5 Å². The van der Waals surface area contributed by atoms with Gasteiger partial charge in [-0.05, 0) is 48.9 Å². The molecule has 1 amide bonds. The fourth-order valence-electron chi connectivity index (χ4n) is 2.29. The van der Waals surface area contributed by atoms with Gasteiger partial charge in [-0.3, -0.25) is 4.79 Å². The normalized spacial score (nSPS) is 11.3. The average molecular weight is 469 g/mol. The monoisotopic (exact) mass is 468 g/mol. The number of anilines is 3. The standard InChI is InChI=1S/C18H17ClN4O3S3/c1-11-14(19)4-3-5-15(11)21-17-22-23-18(28-17)27-10-16(24)20-12-6-8-13(9-7-12)29(2,25)26/h3-9H,10H2,1-2H3,(H,20,24)(H,21,22). The second kappa shape index (κ2) is 9.12. The molecule has 0 aliphatic heterocycles. The van der Waals surface area contributed by atoms with Crippen LogP contribution in [0.25, 0.3) is 0 Å². The van der Waals surface area contributed by atoms with E-state index in [1.807, 2.05) is 25.1 Å². The highest BCUT2D eigenvalue weighted by atomic mass is 35.5. The van der Waals surface area contributed by atoms with Crippen molar-refractivity contribution < 1.29 is 13.2 Å². The van der Waals surface area contributed by atoms with Crippen LogP contribution >= 0.6 is 34.7 Å². The van der Waals surface area contributed by atoms with Gasteiger partial charge >= 0.3 is 0 Å². The Morgan fingerprint density at radius 2 is 1.90 bits per heavy atom. The Hall–Kier alpha value is -2.14. The number of nitrogens with zero attached hydrogens (tertiary/aromatic N) is 2. The van der Waals surface area contributed by atoms with Crippen molar-refractivity contribution in [1.29, 1.82) is 0 Å². The summed E-state index contributed by atoms with van der Waals surface area (Å²) in [5.74, 6) is -0.0731. The first-order chi connectivity index (χ1) is 13.7. The van der Waals surface area contributed by atoms with Crippen LogP contribution in [0.2, 0.25) is 5.02 Å². The molecule has 2 aromatic carbocycles. The molecule has 0 atom stereocenters. The Morgan fingerprint density at radius 3 is 2.59 bits per heavy atom. The topological polar surface area (TPSA) is 101 Å². The smallest absolute Gasteiger partial charge is 0.234 e. The van der Waals surface area contributed by atoms with E-state index in [-0.39, 0.29) is 16.6 Å². The van der Waals surface area contributed by atoms with Crippen molar-refractivity contribution in [3.8, 4) is 0 Å². The summed E-state index contributed by atoms with van der Waals surface area (Å²) in [4.78, 5) is 12.3. The van der Waals surface area contributed by atoms with Gasteiger partial charge in [0.1, 0.15) is 0 Å². The number of rotatable bonds is 7. The SMILES string of the molecule is Cc1c(Cl)cccc1Nc1nnc(SCC(=O)Nc2ccc(S(C)(=O)=O)cc2)s1. The van der Waals surface area contributed by atoms with Gasteiger partial charge in [0.2, 0.25) is 11.0 Å². The summed E-state index contributed by atoms with van der Waals surface area (Å²) in [5.41, 5.74) is 2.29. The molecule has 0 saturated carbocycles. The summed E-state index contributed by atoms with van der Waals surface area (Å²) in [7, 11) is -3.26. The molecule has 0 aliphatic carbocycles. The molecule has 0 saturated heterocycles. The number of sulfone groups is 1. The molecule has 1 aromatic heterocycles. The van der Waals surface area contributed by atoms with Crippen molar-refractivity contribution >= 4 is 67.0 Å². The van der Waals surface area contributed by atoms with Gasteiger partial charge in [-0.15, -0.1) is 10.2 Å². The quantitative estimate of drug-likeness (QED) is 0.496. The highest BCUT2D eigenvalue weighted by Crippen LogP contribution is 2.30. The Balaban J connectivity index is 1.54. The van der Waals surface area contributed by atoms with Crippen molar-refractivity contribution in [2.45, 2.75) is 16.2 Å². The molecule has 0 spiro atoms. The molecule has 3 aromatic rings. The van der Waals surface area contributed by atoms with E-state index in [0.29, 0.717) is 20.2 Å². The largest absolute Gasteiger partial charge is 0.330 e. The molecule has 0 fully saturated rings. The van der Waals surface area contributed by atoms with E-state index in [9.17, 15) is 13.2 Å². The number of amides is 1. The zero-order valence-electron chi connectivity index (χ0n) is 15.5. The first kappa shape index (κ1) is 21.6. The molecular formula is C18H17ClN4O3S3. The number of halogens is 1. The minimum absolute atomic E-state index is 0.151.